The number of carbonyl (C=O) groups excluding carboxylic acids is 1. The van der Waals surface area contributed by atoms with Gasteiger partial charge < -0.3 is 4.90 Å². The number of thiazole rings is 1. The highest BCUT2D eigenvalue weighted by Crippen LogP contribution is 2.15. The van der Waals surface area contributed by atoms with E-state index in [0.717, 1.165) is 5.56 Å². The van der Waals surface area contributed by atoms with Gasteiger partial charge in [0.05, 0.1) is 0 Å². The lowest BCUT2D eigenvalue weighted by molar-refractivity contribution is 0.0777. The molecule has 24 heavy (non-hydrogen) atoms. The van der Waals surface area contributed by atoms with Crippen LogP contribution in [0.25, 0.3) is 16.0 Å². The molecule has 0 fully saturated rings. The molecule has 0 N–H and O–H groups in total. The van der Waals surface area contributed by atoms with Gasteiger partial charge in [-0.3, -0.25) is 14.0 Å². The highest BCUT2D eigenvalue weighted by Gasteiger charge is 2.17. The van der Waals surface area contributed by atoms with Crippen LogP contribution in [0.2, 0.25) is 0 Å². The molecule has 0 saturated carbocycles. The summed E-state index contributed by atoms with van der Waals surface area (Å²) in [6, 6.07) is 6.71. The summed E-state index contributed by atoms with van der Waals surface area (Å²) in [6.07, 6.45) is 1.72. The van der Waals surface area contributed by atoms with E-state index in [0.29, 0.717) is 22.5 Å². The normalized spacial score (nSPS) is 11.2. The molecule has 0 bridgehead atoms. The van der Waals surface area contributed by atoms with Crippen molar-refractivity contribution in [2.75, 3.05) is 7.05 Å². The average Bonchev–Trinajstić information content (AvgIpc) is 3.21. The zero-order valence-corrected chi connectivity index (χ0v) is 13.4. The van der Waals surface area contributed by atoms with Crippen LogP contribution in [0, 0.1) is 0 Å². The van der Waals surface area contributed by atoms with E-state index in [2.05, 4.69) is 19.9 Å². The molecule has 8 nitrogen and oxygen atoms in total. The molecular weight excluding hydrogens is 330 g/mol. The summed E-state index contributed by atoms with van der Waals surface area (Å²) in [7, 11) is 1.68. The Hall–Kier alpha value is -3.07. The summed E-state index contributed by atoms with van der Waals surface area (Å²) < 4.78 is 6.29. The highest BCUT2D eigenvalue weighted by atomic mass is 32.1. The fraction of sp³-hybridized carbons (Fsp3) is 0.133. The van der Waals surface area contributed by atoms with Gasteiger partial charge in [0.2, 0.25) is 0 Å². The van der Waals surface area contributed by atoms with E-state index < -0.39 is 5.56 Å². The first-order chi connectivity index (χ1) is 11.6. The molecule has 3 heterocycles. The van der Waals surface area contributed by atoms with E-state index >= 15 is 0 Å². The second-order valence-corrected chi connectivity index (χ2v) is 6.16. The lowest BCUT2D eigenvalue weighted by atomic mass is 10.2. The molecule has 1 aromatic carbocycles. The average molecular weight is 341 g/mol. The first-order valence-corrected chi connectivity index (χ1v) is 7.93. The second kappa shape index (κ2) is 5.53. The third-order valence-electron chi connectivity index (χ3n) is 3.62. The first-order valence-electron chi connectivity index (χ1n) is 7.05. The summed E-state index contributed by atoms with van der Waals surface area (Å²) in [5.41, 5.74) is 2.04. The molecule has 120 valence electrons. The van der Waals surface area contributed by atoms with Crippen molar-refractivity contribution in [3.8, 4) is 0 Å². The standard InChI is InChI=1S/C15H11N5O3S/c1-19(8-9-2-3-10-11(6-9)18-23-17-10)14(22)12-7-13(21)16-15-20(12)4-5-24-15/h2-7H,8H2,1H3. The zero-order valence-electron chi connectivity index (χ0n) is 12.5. The van der Waals surface area contributed by atoms with E-state index in [4.69, 9.17) is 0 Å². The van der Waals surface area contributed by atoms with Crippen molar-refractivity contribution in [1.29, 1.82) is 0 Å². The van der Waals surface area contributed by atoms with Crippen molar-refractivity contribution in [3.63, 3.8) is 0 Å². The molecule has 0 atom stereocenters. The molecular formula is C15H11N5O3S. The Labute approximate surface area is 138 Å². The quantitative estimate of drug-likeness (QED) is 0.561. The highest BCUT2D eigenvalue weighted by molar-refractivity contribution is 7.15. The molecule has 0 saturated heterocycles. The van der Waals surface area contributed by atoms with Gasteiger partial charge in [0.1, 0.15) is 16.7 Å². The third-order valence-corrected chi connectivity index (χ3v) is 4.38. The summed E-state index contributed by atoms with van der Waals surface area (Å²) >= 11 is 1.31. The minimum Gasteiger partial charge on any atom is -0.336 e. The van der Waals surface area contributed by atoms with Crippen LogP contribution < -0.4 is 5.56 Å². The molecule has 0 unspecified atom stereocenters. The van der Waals surface area contributed by atoms with Gasteiger partial charge in [-0.1, -0.05) is 6.07 Å². The summed E-state index contributed by atoms with van der Waals surface area (Å²) in [4.78, 5) is 30.3. The smallest absolute Gasteiger partial charge is 0.274 e. The van der Waals surface area contributed by atoms with Crippen LogP contribution >= 0.6 is 11.3 Å². The zero-order chi connectivity index (χ0) is 16.7. The molecule has 0 aliphatic carbocycles. The Morgan fingerprint density at radius 3 is 3.00 bits per heavy atom. The van der Waals surface area contributed by atoms with Gasteiger partial charge in [0.25, 0.3) is 11.5 Å². The van der Waals surface area contributed by atoms with Crippen molar-refractivity contribution >= 4 is 33.2 Å². The molecule has 1 amide bonds. The van der Waals surface area contributed by atoms with Gasteiger partial charge in [-0.25, -0.2) is 4.63 Å². The van der Waals surface area contributed by atoms with Crippen LogP contribution in [-0.4, -0.2) is 37.6 Å². The Balaban J connectivity index is 1.65. The number of carbonyl (C=O) groups is 1. The maximum atomic E-state index is 12.7. The number of benzene rings is 1. The maximum Gasteiger partial charge on any atom is 0.274 e. The van der Waals surface area contributed by atoms with Gasteiger partial charge in [-0.15, -0.1) is 11.3 Å². The molecule has 4 rings (SSSR count). The lowest BCUT2D eigenvalue weighted by Crippen LogP contribution is -2.29. The molecule has 0 spiro atoms. The maximum absolute atomic E-state index is 12.7. The molecule has 0 radical (unpaired) electrons. The molecule has 9 heteroatoms. The van der Waals surface area contributed by atoms with E-state index in [-0.39, 0.29) is 11.6 Å². The molecule has 0 aliphatic heterocycles. The van der Waals surface area contributed by atoms with Crippen molar-refractivity contribution in [2.24, 2.45) is 0 Å². The van der Waals surface area contributed by atoms with Crippen LogP contribution in [0.3, 0.4) is 0 Å². The van der Waals surface area contributed by atoms with Crippen molar-refractivity contribution in [3.05, 3.63) is 57.5 Å². The van der Waals surface area contributed by atoms with Gasteiger partial charge in [0, 0.05) is 31.2 Å². The Bertz CT molecular complexity index is 1110. The largest absolute Gasteiger partial charge is 0.336 e. The number of aromatic nitrogens is 4. The van der Waals surface area contributed by atoms with Crippen LogP contribution in [0.15, 0.2) is 45.3 Å². The number of hydrogen-bond donors (Lipinski definition) is 0. The SMILES string of the molecule is CN(Cc1ccc2nonc2c1)C(=O)c1cc(=O)nc2sccn12. The van der Waals surface area contributed by atoms with Crippen LogP contribution in [0.1, 0.15) is 16.1 Å². The van der Waals surface area contributed by atoms with E-state index in [1.54, 1.807) is 29.1 Å². The van der Waals surface area contributed by atoms with E-state index in [9.17, 15) is 9.59 Å². The van der Waals surface area contributed by atoms with Crippen LogP contribution in [0.4, 0.5) is 0 Å². The van der Waals surface area contributed by atoms with Crippen molar-refractivity contribution in [2.45, 2.75) is 6.54 Å². The third kappa shape index (κ3) is 2.44. The summed E-state index contributed by atoms with van der Waals surface area (Å²) in [5.74, 6) is -0.263. The van der Waals surface area contributed by atoms with Crippen LogP contribution in [-0.2, 0) is 6.54 Å². The summed E-state index contributed by atoms with van der Waals surface area (Å²) in [5, 5.41) is 9.32. The number of nitrogens with zero attached hydrogens (tertiary/aromatic N) is 5. The first kappa shape index (κ1) is 14.5. The fourth-order valence-electron chi connectivity index (χ4n) is 2.48. The number of amides is 1. The fourth-order valence-corrected chi connectivity index (χ4v) is 3.20. The van der Waals surface area contributed by atoms with Gasteiger partial charge >= 0.3 is 0 Å². The van der Waals surface area contributed by atoms with Crippen molar-refractivity contribution in [1.82, 2.24) is 24.6 Å². The minimum absolute atomic E-state index is 0.263. The Morgan fingerprint density at radius 2 is 2.12 bits per heavy atom. The number of rotatable bonds is 3. The Morgan fingerprint density at radius 1 is 1.29 bits per heavy atom. The van der Waals surface area contributed by atoms with Crippen molar-refractivity contribution < 1.29 is 9.42 Å². The predicted molar refractivity (Wildman–Crippen MR) is 86.9 cm³/mol. The van der Waals surface area contributed by atoms with Gasteiger partial charge in [-0.2, -0.15) is 4.98 Å². The lowest BCUT2D eigenvalue weighted by Gasteiger charge is -2.17. The monoisotopic (exact) mass is 341 g/mol. The molecule has 4 aromatic rings. The minimum atomic E-state index is -0.427. The Kier molecular flexibility index (Phi) is 3.35. The van der Waals surface area contributed by atoms with E-state index in [1.807, 2.05) is 12.1 Å². The summed E-state index contributed by atoms with van der Waals surface area (Å²) in [6.45, 7) is 0.365. The number of hydrogen-bond acceptors (Lipinski definition) is 7. The molecule has 3 aromatic heterocycles. The van der Waals surface area contributed by atoms with E-state index in [1.165, 1.54) is 22.3 Å². The number of fused-ring (bicyclic) bond motifs is 2. The topological polar surface area (TPSA) is 93.6 Å². The van der Waals surface area contributed by atoms with Gasteiger partial charge in [0.15, 0.2) is 4.96 Å². The van der Waals surface area contributed by atoms with Gasteiger partial charge in [-0.05, 0) is 28.0 Å². The second-order valence-electron chi connectivity index (χ2n) is 5.28. The predicted octanol–water partition coefficient (Wildman–Crippen LogP) is 1.56. The van der Waals surface area contributed by atoms with Crippen LogP contribution in [0.5, 0.6) is 0 Å². The molecule has 0 aliphatic rings.